The first-order valence-corrected chi connectivity index (χ1v) is 5.83. The van der Waals surface area contributed by atoms with Gasteiger partial charge in [0.1, 0.15) is 5.82 Å². The lowest BCUT2D eigenvalue weighted by atomic mass is 9.98. The lowest BCUT2D eigenvalue weighted by molar-refractivity contribution is 0.271. The highest BCUT2D eigenvalue weighted by molar-refractivity contribution is 5.74. The molecule has 0 bridgehead atoms. The highest BCUT2D eigenvalue weighted by atomic mass is 15.1. The first-order valence-electron chi connectivity index (χ1n) is 5.83. The molecule has 0 aliphatic carbocycles. The Balaban J connectivity index is 1.93. The Hall–Kier alpha value is -1.35. The van der Waals surface area contributed by atoms with Gasteiger partial charge in [-0.25, -0.2) is 4.98 Å². The summed E-state index contributed by atoms with van der Waals surface area (Å²) in [7, 11) is 4.02. The summed E-state index contributed by atoms with van der Waals surface area (Å²) in [5.41, 5.74) is 2.21. The van der Waals surface area contributed by atoms with E-state index in [9.17, 15) is 0 Å². The normalized spacial score (nSPS) is 22.7. The molecule has 0 amide bonds. The minimum atomic E-state index is 0.513. The zero-order valence-corrected chi connectivity index (χ0v) is 9.32. The molecule has 84 valence electrons. The van der Waals surface area contributed by atoms with Crippen molar-refractivity contribution in [3.05, 3.63) is 37.1 Å². The number of fused-ring (bicyclic) bond motifs is 1. The van der Waals surface area contributed by atoms with Gasteiger partial charge >= 0.3 is 0 Å². The van der Waals surface area contributed by atoms with E-state index in [1.165, 1.54) is 12.8 Å². The number of hydrogen-bond donors (Lipinski definition) is 1. The van der Waals surface area contributed by atoms with Gasteiger partial charge in [-0.3, -0.25) is 7.05 Å². The van der Waals surface area contributed by atoms with Gasteiger partial charge in [0.2, 0.25) is 0 Å². The molecular weight excluding hydrogens is 198 g/mol. The lowest BCUT2D eigenvalue weighted by Crippen LogP contribution is -2.29. The van der Waals surface area contributed by atoms with Crippen LogP contribution in [0.5, 0.6) is 0 Å². The molecule has 3 heteroatoms. The monoisotopic (exact) mass is 214 g/mol. The summed E-state index contributed by atoms with van der Waals surface area (Å²) < 4.78 is 0. The van der Waals surface area contributed by atoms with Crippen molar-refractivity contribution in [1.29, 1.82) is 0 Å². The first-order chi connectivity index (χ1) is 7.83. The highest BCUT2D eigenvalue weighted by Crippen LogP contribution is 2.26. The van der Waals surface area contributed by atoms with Crippen LogP contribution in [-0.4, -0.2) is 28.0 Å². The van der Waals surface area contributed by atoms with E-state index in [-0.39, 0.29) is 0 Å². The Morgan fingerprint density at radius 1 is 1.38 bits per heavy atom. The van der Waals surface area contributed by atoms with Gasteiger partial charge in [0, 0.05) is 5.92 Å². The molecular formula is C13H16N3-. The summed E-state index contributed by atoms with van der Waals surface area (Å²) in [5, 5.41) is 0. The number of benzene rings is 1. The molecule has 1 aliphatic heterocycles. The minimum absolute atomic E-state index is 0.513. The maximum atomic E-state index is 4.66. The SMILES string of the molecule is [CH2-]N1CCCC(c2nc3ccccc3[nH]2)C1. The van der Waals surface area contributed by atoms with Crippen molar-refractivity contribution >= 4 is 11.0 Å². The van der Waals surface area contributed by atoms with Crippen molar-refractivity contribution < 1.29 is 0 Å². The highest BCUT2D eigenvalue weighted by Gasteiger charge is 2.19. The molecule has 2 aromatic rings. The van der Waals surface area contributed by atoms with E-state index in [1.54, 1.807) is 0 Å². The summed E-state index contributed by atoms with van der Waals surface area (Å²) >= 11 is 0. The number of piperidine rings is 1. The Kier molecular flexibility index (Phi) is 2.40. The first kappa shape index (κ1) is 9.85. The topological polar surface area (TPSA) is 31.9 Å². The lowest BCUT2D eigenvalue weighted by Gasteiger charge is -2.34. The second-order valence-corrected chi connectivity index (χ2v) is 4.56. The molecule has 1 aliphatic rings. The van der Waals surface area contributed by atoms with Crippen LogP contribution >= 0.6 is 0 Å². The molecule has 2 heterocycles. The number of para-hydroxylation sites is 2. The van der Waals surface area contributed by atoms with Crippen molar-refractivity contribution in [2.24, 2.45) is 0 Å². The third kappa shape index (κ3) is 1.71. The van der Waals surface area contributed by atoms with E-state index in [0.717, 1.165) is 29.9 Å². The molecule has 1 atom stereocenters. The van der Waals surface area contributed by atoms with E-state index < -0.39 is 0 Å². The molecule has 1 aromatic carbocycles. The number of nitrogens with one attached hydrogen (secondary N) is 1. The summed E-state index contributed by atoms with van der Waals surface area (Å²) in [6.07, 6.45) is 2.43. The zero-order valence-electron chi connectivity index (χ0n) is 9.32. The van der Waals surface area contributed by atoms with Crippen LogP contribution in [0.4, 0.5) is 0 Å². The molecule has 3 rings (SSSR count). The number of H-pyrrole nitrogens is 1. The number of aromatic amines is 1. The van der Waals surface area contributed by atoms with Crippen molar-refractivity contribution in [2.75, 3.05) is 13.1 Å². The summed E-state index contributed by atoms with van der Waals surface area (Å²) in [6.45, 7) is 2.12. The number of hydrogen-bond acceptors (Lipinski definition) is 2. The average Bonchev–Trinajstić information content (AvgIpc) is 2.72. The maximum Gasteiger partial charge on any atom is 0.111 e. The smallest absolute Gasteiger partial charge is 0.111 e. The van der Waals surface area contributed by atoms with Crippen LogP contribution in [0.3, 0.4) is 0 Å². The largest absolute Gasteiger partial charge is 0.459 e. The van der Waals surface area contributed by atoms with Crippen LogP contribution in [0.25, 0.3) is 11.0 Å². The number of imidazole rings is 1. The van der Waals surface area contributed by atoms with Crippen molar-refractivity contribution in [1.82, 2.24) is 14.9 Å². The van der Waals surface area contributed by atoms with E-state index in [4.69, 9.17) is 0 Å². The standard InChI is InChI=1S/C13H16N3/c1-16-8-4-5-10(9-16)13-14-11-6-2-3-7-12(11)15-13/h2-3,6-7,10H,1,4-5,8-9H2,(H,14,15)/q-1. The minimum Gasteiger partial charge on any atom is -0.459 e. The third-order valence-corrected chi connectivity index (χ3v) is 3.30. The second kappa shape index (κ2) is 3.91. The van der Waals surface area contributed by atoms with E-state index >= 15 is 0 Å². The van der Waals surface area contributed by atoms with Crippen molar-refractivity contribution in [3.63, 3.8) is 0 Å². The van der Waals surface area contributed by atoms with Crippen LogP contribution in [-0.2, 0) is 0 Å². The van der Waals surface area contributed by atoms with Crippen LogP contribution < -0.4 is 0 Å². The van der Waals surface area contributed by atoms with Crippen LogP contribution in [0.1, 0.15) is 24.6 Å². The van der Waals surface area contributed by atoms with Crippen LogP contribution in [0, 0.1) is 7.05 Å². The number of nitrogens with zero attached hydrogens (tertiary/aromatic N) is 2. The van der Waals surface area contributed by atoms with E-state index in [0.29, 0.717) is 5.92 Å². The van der Waals surface area contributed by atoms with Gasteiger partial charge < -0.3 is 9.88 Å². The molecule has 0 radical (unpaired) electrons. The fraction of sp³-hybridized carbons (Fsp3) is 0.385. The summed E-state index contributed by atoms with van der Waals surface area (Å²) in [5.74, 6) is 1.63. The van der Waals surface area contributed by atoms with Gasteiger partial charge in [-0.05, 0) is 38.1 Å². The van der Waals surface area contributed by atoms with Gasteiger partial charge in [-0.15, -0.1) is 0 Å². The van der Waals surface area contributed by atoms with Gasteiger partial charge in [-0.2, -0.15) is 0 Å². The van der Waals surface area contributed by atoms with Gasteiger partial charge in [0.15, 0.2) is 0 Å². The van der Waals surface area contributed by atoms with E-state index in [2.05, 4.69) is 34.0 Å². The Morgan fingerprint density at radius 3 is 3.06 bits per heavy atom. The second-order valence-electron chi connectivity index (χ2n) is 4.56. The van der Waals surface area contributed by atoms with Crippen molar-refractivity contribution in [2.45, 2.75) is 18.8 Å². The van der Waals surface area contributed by atoms with Gasteiger partial charge in [-0.1, -0.05) is 12.1 Å². The molecule has 1 N–H and O–H groups in total. The molecule has 1 fully saturated rings. The average molecular weight is 214 g/mol. The Morgan fingerprint density at radius 2 is 2.25 bits per heavy atom. The van der Waals surface area contributed by atoms with Crippen LogP contribution in [0.15, 0.2) is 24.3 Å². The van der Waals surface area contributed by atoms with Gasteiger partial charge in [0.25, 0.3) is 0 Å². The molecule has 16 heavy (non-hydrogen) atoms. The zero-order chi connectivity index (χ0) is 11.0. The number of likely N-dealkylation sites (tertiary alicyclic amines) is 1. The van der Waals surface area contributed by atoms with Crippen molar-refractivity contribution in [3.8, 4) is 0 Å². The van der Waals surface area contributed by atoms with Crippen LogP contribution in [0.2, 0.25) is 0 Å². The summed E-state index contributed by atoms with van der Waals surface area (Å²) in [4.78, 5) is 10.2. The molecule has 0 saturated carbocycles. The predicted octanol–water partition coefficient (Wildman–Crippen LogP) is 2.53. The van der Waals surface area contributed by atoms with E-state index in [1.807, 2.05) is 12.1 Å². The molecule has 1 unspecified atom stereocenters. The number of aromatic nitrogens is 2. The Bertz CT molecular complexity index is 456. The molecule has 1 aromatic heterocycles. The molecule has 1 saturated heterocycles. The summed E-state index contributed by atoms with van der Waals surface area (Å²) in [6, 6.07) is 8.21. The number of rotatable bonds is 1. The third-order valence-electron chi connectivity index (χ3n) is 3.30. The molecule has 3 nitrogen and oxygen atoms in total. The predicted molar refractivity (Wildman–Crippen MR) is 65.0 cm³/mol. The maximum absolute atomic E-state index is 4.66. The fourth-order valence-electron chi connectivity index (χ4n) is 2.44. The Labute approximate surface area is 95.5 Å². The fourth-order valence-corrected chi connectivity index (χ4v) is 2.44. The van der Waals surface area contributed by atoms with Gasteiger partial charge in [0.05, 0.1) is 11.0 Å². The quantitative estimate of drug-likeness (QED) is 0.740. The molecule has 0 spiro atoms.